The van der Waals surface area contributed by atoms with Gasteiger partial charge in [0.2, 0.25) is 0 Å². The Morgan fingerprint density at radius 1 is 1.50 bits per heavy atom. The van der Waals surface area contributed by atoms with E-state index in [1.54, 1.807) is 0 Å². The van der Waals surface area contributed by atoms with Crippen LogP contribution < -0.4 is 5.32 Å². The van der Waals surface area contributed by atoms with Crippen molar-refractivity contribution in [3.05, 3.63) is 0 Å². The molecular weight excluding hydrogens is 176 g/mol. The number of aliphatic hydroxyl groups excluding tert-OH is 1. The van der Waals surface area contributed by atoms with Crippen LogP contribution in [-0.2, 0) is 0 Å². The molecule has 0 amide bonds. The Morgan fingerprint density at radius 2 is 2.14 bits per heavy atom. The van der Waals surface area contributed by atoms with Gasteiger partial charge in [-0.2, -0.15) is 5.26 Å². The average molecular weight is 196 g/mol. The third-order valence-corrected chi connectivity index (χ3v) is 2.90. The number of hydrogen-bond acceptors (Lipinski definition) is 3. The standard InChI is InChI=1S/C11H20N2O/c1-11(2,4-3-5-12)8-13-9-6-10(14)7-9/h9-10,13-14H,3-4,6-8H2,1-2H3. The van der Waals surface area contributed by atoms with Crippen molar-refractivity contribution in [3.8, 4) is 6.07 Å². The molecular formula is C11H20N2O. The molecule has 1 saturated carbocycles. The van der Waals surface area contributed by atoms with Gasteiger partial charge in [0.25, 0.3) is 0 Å². The molecule has 0 radical (unpaired) electrons. The summed E-state index contributed by atoms with van der Waals surface area (Å²) in [6.07, 6.45) is 3.24. The van der Waals surface area contributed by atoms with E-state index in [0.717, 1.165) is 25.8 Å². The molecule has 3 nitrogen and oxygen atoms in total. The van der Waals surface area contributed by atoms with Crippen LogP contribution in [-0.4, -0.2) is 23.8 Å². The lowest BCUT2D eigenvalue weighted by molar-refractivity contribution is 0.0580. The zero-order valence-electron chi connectivity index (χ0n) is 9.08. The van der Waals surface area contributed by atoms with Gasteiger partial charge in [-0.05, 0) is 24.7 Å². The normalized spacial score (nSPS) is 26.7. The first-order valence-electron chi connectivity index (χ1n) is 5.32. The van der Waals surface area contributed by atoms with Gasteiger partial charge in [-0.1, -0.05) is 13.8 Å². The number of aliphatic hydroxyl groups is 1. The van der Waals surface area contributed by atoms with Crippen molar-refractivity contribution in [2.75, 3.05) is 6.54 Å². The van der Waals surface area contributed by atoms with Crippen molar-refractivity contribution in [1.29, 1.82) is 5.26 Å². The molecule has 0 atom stereocenters. The van der Waals surface area contributed by atoms with Gasteiger partial charge in [0, 0.05) is 19.0 Å². The molecule has 2 N–H and O–H groups in total. The predicted octanol–water partition coefficient (Wildman–Crippen LogP) is 1.43. The Bertz CT molecular complexity index is 214. The molecule has 0 saturated heterocycles. The zero-order chi connectivity index (χ0) is 10.6. The maximum Gasteiger partial charge on any atom is 0.0621 e. The third-order valence-electron chi connectivity index (χ3n) is 2.90. The molecule has 80 valence electrons. The summed E-state index contributed by atoms with van der Waals surface area (Å²) in [5, 5.41) is 21.0. The van der Waals surface area contributed by atoms with E-state index in [2.05, 4.69) is 25.2 Å². The van der Waals surface area contributed by atoms with Crippen LogP contribution in [0.2, 0.25) is 0 Å². The number of hydrogen-bond donors (Lipinski definition) is 2. The maximum atomic E-state index is 9.11. The number of rotatable bonds is 5. The fourth-order valence-corrected chi connectivity index (χ4v) is 1.66. The van der Waals surface area contributed by atoms with Gasteiger partial charge in [0.05, 0.1) is 12.2 Å². The van der Waals surface area contributed by atoms with Crippen LogP contribution in [0.25, 0.3) is 0 Å². The summed E-state index contributed by atoms with van der Waals surface area (Å²) in [4.78, 5) is 0. The Hall–Kier alpha value is -0.590. The molecule has 3 heteroatoms. The molecule has 0 unspecified atom stereocenters. The van der Waals surface area contributed by atoms with Crippen molar-refractivity contribution in [2.45, 2.75) is 51.7 Å². The smallest absolute Gasteiger partial charge is 0.0621 e. The Morgan fingerprint density at radius 3 is 2.64 bits per heavy atom. The summed E-state index contributed by atoms with van der Waals surface area (Å²) in [5.74, 6) is 0. The van der Waals surface area contributed by atoms with Crippen LogP contribution in [0.4, 0.5) is 0 Å². The molecule has 0 aliphatic heterocycles. The molecule has 14 heavy (non-hydrogen) atoms. The number of nitriles is 1. The summed E-state index contributed by atoms with van der Waals surface area (Å²) < 4.78 is 0. The highest BCUT2D eigenvalue weighted by Crippen LogP contribution is 2.24. The van der Waals surface area contributed by atoms with Crippen LogP contribution in [0, 0.1) is 16.7 Å². The zero-order valence-corrected chi connectivity index (χ0v) is 9.08. The summed E-state index contributed by atoms with van der Waals surface area (Å²) in [6.45, 7) is 5.28. The van der Waals surface area contributed by atoms with Gasteiger partial charge in [-0.3, -0.25) is 0 Å². The van der Waals surface area contributed by atoms with E-state index in [1.165, 1.54) is 0 Å². The third kappa shape index (κ3) is 3.65. The fraction of sp³-hybridized carbons (Fsp3) is 0.909. The molecule has 0 bridgehead atoms. The molecule has 0 aromatic carbocycles. The average Bonchev–Trinajstić information content (AvgIpc) is 2.07. The lowest BCUT2D eigenvalue weighted by Gasteiger charge is -2.35. The van der Waals surface area contributed by atoms with Crippen molar-refractivity contribution in [2.24, 2.45) is 5.41 Å². The second-order valence-corrected chi connectivity index (χ2v) is 5.03. The highest BCUT2D eigenvalue weighted by Gasteiger charge is 2.28. The predicted molar refractivity (Wildman–Crippen MR) is 55.7 cm³/mol. The van der Waals surface area contributed by atoms with Crippen LogP contribution in [0.5, 0.6) is 0 Å². The molecule has 1 aliphatic rings. The van der Waals surface area contributed by atoms with Crippen LogP contribution in [0.15, 0.2) is 0 Å². The van der Waals surface area contributed by atoms with Crippen molar-refractivity contribution >= 4 is 0 Å². The monoisotopic (exact) mass is 196 g/mol. The van der Waals surface area contributed by atoms with E-state index >= 15 is 0 Å². The molecule has 0 aromatic heterocycles. The summed E-state index contributed by atoms with van der Waals surface area (Å²) in [5.41, 5.74) is 0.191. The minimum atomic E-state index is -0.0882. The van der Waals surface area contributed by atoms with Gasteiger partial charge >= 0.3 is 0 Å². The van der Waals surface area contributed by atoms with Crippen molar-refractivity contribution < 1.29 is 5.11 Å². The van der Waals surface area contributed by atoms with E-state index in [1.807, 2.05) is 0 Å². The Labute approximate surface area is 86.1 Å². The van der Waals surface area contributed by atoms with E-state index in [-0.39, 0.29) is 11.5 Å². The first kappa shape index (κ1) is 11.5. The lowest BCUT2D eigenvalue weighted by atomic mass is 9.85. The summed E-state index contributed by atoms with van der Waals surface area (Å²) >= 11 is 0. The maximum absolute atomic E-state index is 9.11. The molecule has 0 heterocycles. The van der Waals surface area contributed by atoms with Gasteiger partial charge < -0.3 is 10.4 Å². The largest absolute Gasteiger partial charge is 0.393 e. The molecule has 1 aliphatic carbocycles. The van der Waals surface area contributed by atoms with Crippen molar-refractivity contribution in [3.63, 3.8) is 0 Å². The van der Waals surface area contributed by atoms with Gasteiger partial charge in [-0.15, -0.1) is 0 Å². The van der Waals surface area contributed by atoms with Gasteiger partial charge in [0.15, 0.2) is 0 Å². The highest BCUT2D eigenvalue weighted by molar-refractivity contribution is 4.87. The van der Waals surface area contributed by atoms with Crippen LogP contribution in [0.3, 0.4) is 0 Å². The second-order valence-electron chi connectivity index (χ2n) is 5.03. The van der Waals surface area contributed by atoms with Crippen LogP contribution >= 0.6 is 0 Å². The van der Waals surface area contributed by atoms with E-state index in [0.29, 0.717) is 12.5 Å². The minimum absolute atomic E-state index is 0.0882. The van der Waals surface area contributed by atoms with Gasteiger partial charge in [0.1, 0.15) is 0 Å². The lowest BCUT2D eigenvalue weighted by Crippen LogP contribution is -2.47. The molecule has 0 aromatic rings. The first-order chi connectivity index (χ1) is 6.53. The molecule has 1 fully saturated rings. The van der Waals surface area contributed by atoms with Crippen LogP contribution in [0.1, 0.15) is 39.5 Å². The van der Waals surface area contributed by atoms with E-state index in [9.17, 15) is 0 Å². The molecule has 0 spiro atoms. The fourth-order valence-electron chi connectivity index (χ4n) is 1.66. The Kier molecular flexibility index (Phi) is 3.91. The topological polar surface area (TPSA) is 56.0 Å². The van der Waals surface area contributed by atoms with Crippen molar-refractivity contribution in [1.82, 2.24) is 5.32 Å². The number of nitrogens with zero attached hydrogens (tertiary/aromatic N) is 1. The SMILES string of the molecule is CC(C)(CCC#N)CNC1CC(O)C1. The summed E-state index contributed by atoms with van der Waals surface area (Å²) in [7, 11) is 0. The van der Waals surface area contributed by atoms with E-state index in [4.69, 9.17) is 10.4 Å². The number of nitrogens with one attached hydrogen (secondary N) is 1. The highest BCUT2D eigenvalue weighted by atomic mass is 16.3. The minimum Gasteiger partial charge on any atom is -0.393 e. The van der Waals surface area contributed by atoms with E-state index < -0.39 is 0 Å². The Balaban J connectivity index is 2.13. The first-order valence-corrected chi connectivity index (χ1v) is 5.32. The summed E-state index contributed by atoms with van der Waals surface area (Å²) in [6, 6.07) is 2.67. The quantitative estimate of drug-likeness (QED) is 0.699. The van der Waals surface area contributed by atoms with Gasteiger partial charge in [-0.25, -0.2) is 0 Å². The second kappa shape index (κ2) is 4.77. The molecule has 1 rings (SSSR count).